The lowest BCUT2D eigenvalue weighted by Gasteiger charge is -2.23. The highest BCUT2D eigenvalue weighted by atomic mass is 19.1. The molecular weight excluding hydrogens is 480 g/mol. The third-order valence-corrected chi connectivity index (χ3v) is 6.04. The molecule has 4 rings (SSSR count). The molecule has 0 spiro atoms. The van der Waals surface area contributed by atoms with E-state index < -0.39 is 35.9 Å². The maximum absolute atomic E-state index is 14.5. The van der Waals surface area contributed by atoms with Crippen molar-refractivity contribution in [1.82, 2.24) is 4.90 Å². The van der Waals surface area contributed by atoms with Crippen LogP contribution in [-0.4, -0.2) is 42.3 Å². The molecule has 1 heterocycles. The van der Waals surface area contributed by atoms with Gasteiger partial charge < -0.3 is 15.4 Å². The lowest BCUT2D eigenvalue weighted by molar-refractivity contribution is -0.132. The van der Waals surface area contributed by atoms with Crippen LogP contribution in [0.4, 0.5) is 14.5 Å². The average molecular weight is 508 g/mol. The van der Waals surface area contributed by atoms with Crippen molar-refractivity contribution in [3.63, 3.8) is 0 Å². The Hall–Kier alpha value is -4.11. The smallest absolute Gasteiger partial charge is 0.263 e. The van der Waals surface area contributed by atoms with Crippen molar-refractivity contribution in [3.05, 3.63) is 83.4 Å². The van der Waals surface area contributed by atoms with Crippen LogP contribution in [0.25, 0.3) is 11.1 Å². The van der Waals surface area contributed by atoms with Gasteiger partial charge in [0.25, 0.3) is 5.91 Å². The number of anilines is 1. The molecule has 3 aromatic carbocycles. The molecule has 3 aromatic rings. The number of benzene rings is 3. The highest BCUT2D eigenvalue weighted by Gasteiger charge is 2.35. The van der Waals surface area contributed by atoms with Crippen molar-refractivity contribution in [2.24, 2.45) is 5.73 Å². The van der Waals surface area contributed by atoms with Crippen LogP contribution in [0.1, 0.15) is 35.7 Å². The number of ether oxygens (including phenoxy) is 1. The molecule has 0 fully saturated rings. The minimum absolute atomic E-state index is 0.0821. The Morgan fingerprint density at radius 1 is 1.00 bits per heavy atom. The molecule has 0 atom stereocenters. The predicted octanol–water partition coefficient (Wildman–Crippen LogP) is 4.29. The maximum Gasteiger partial charge on any atom is 0.263 e. The van der Waals surface area contributed by atoms with Gasteiger partial charge in [-0.2, -0.15) is 0 Å². The van der Waals surface area contributed by atoms with Gasteiger partial charge in [0.15, 0.2) is 0 Å². The molecule has 3 amide bonds. The van der Waals surface area contributed by atoms with Crippen LogP contribution >= 0.6 is 0 Å². The summed E-state index contributed by atoms with van der Waals surface area (Å²) in [6.07, 6.45) is 0.609. The predicted molar refractivity (Wildman–Crippen MR) is 135 cm³/mol. The minimum Gasteiger partial charge on any atom is -0.492 e. The van der Waals surface area contributed by atoms with Crippen molar-refractivity contribution in [2.75, 3.05) is 24.6 Å². The quantitative estimate of drug-likeness (QED) is 0.491. The molecule has 37 heavy (non-hydrogen) atoms. The first-order valence-corrected chi connectivity index (χ1v) is 12.0. The molecule has 7 nitrogen and oxygen atoms in total. The van der Waals surface area contributed by atoms with Crippen molar-refractivity contribution in [1.29, 1.82) is 0 Å². The molecule has 192 valence electrons. The number of hydrogen-bond acceptors (Lipinski definition) is 5. The maximum atomic E-state index is 14.5. The Balaban J connectivity index is 1.76. The lowest BCUT2D eigenvalue weighted by atomic mass is 10.00. The summed E-state index contributed by atoms with van der Waals surface area (Å²) in [5, 5.41) is 0. The van der Waals surface area contributed by atoms with E-state index in [1.165, 1.54) is 11.0 Å². The molecule has 1 aliphatic heterocycles. The number of nitrogens with zero attached hydrogens (tertiary/aromatic N) is 2. The minimum atomic E-state index is -0.808. The van der Waals surface area contributed by atoms with E-state index in [-0.39, 0.29) is 29.8 Å². The van der Waals surface area contributed by atoms with E-state index in [1.54, 1.807) is 37.3 Å². The summed E-state index contributed by atoms with van der Waals surface area (Å²) in [7, 11) is 0. The number of imide groups is 1. The highest BCUT2D eigenvalue weighted by molar-refractivity contribution is 6.15. The molecule has 0 saturated heterocycles. The van der Waals surface area contributed by atoms with Gasteiger partial charge in [-0.1, -0.05) is 31.2 Å². The second-order valence-corrected chi connectivity index (χ2v) is 8.64. The Morgan fingerprint density at radius 3 is 2.41 bits per heavy atom. The summed E-state index contributed by atoms with van der Waals surface area (Å²) in [6, 6.07) is 15.3. The van der Waals surface area contributed by atoms with Crippen molar-refractivity contribution >= 4 is 23.4 Å². The van der Waals surface area contributed by atoms with Gasteiger partial charge in [0.1, 0.15) is 30.5 Å². The molecule has 9 heteroatoms. The molecule has 0 aromatic heterocycles. The number of nitrogens with two attached hydrogens (primary N) is 1. The fourth-order valence-electron chi connectivity index (χ4n) is 4.16. The van der Waals surface area contributed by atoms with E-state index in [4.69, 9.17) is 10.5 Å². The third kappa shape index (κ3) is 5.67. The van der Waals surface area contributed by atoms with Gasteiger partial charge in [-0.15, -0.1) is 0 Å². The molecule has 0 saturated carbocycles. The zero-order valence-electron chi connectivity index (χ0n) is 20.4. The second kappa shape index (κ2) is 11.3. The highest BCUT2D eigenvalue weighted by Crippen LogP contribution is 2.33. The zero-order chi connectivity index (χ0) is 26.5. The number of carbonyl (C=O) groups excluding carboxylic acids is 3. The fraction of sp³-hybridized carbons (Fsp3) is 0.250. The monoisotopic (exact) mass is 507 g/mol. The summed E-state index contributed by atoms with van der Waals surface area (Å²) < 4.78 is 33.4. The SMILES string of the molecule is CCCC(=O)N1CC(=O)N(Cc2ccc(F)cc2F)c2ccc(-c3ccc(OCCN)cc3)cc2C1=O. The summed E-state index contributed by atoms with van der Waals surface area (Å²) in [6.45, 7) is 1.87. The zero-order valence-corrected chi connectivity index (χ0v) is 20.4. The first-order valence-electron chi connectivity index (χ1n) is 12.0. The lowest BCUT2D eigenvalue weighted by Crippen LogP contribution is -2.42. The van der Waals surface area contributed by atoms with Crippen LogP contribution in [0.2, 0.25) is 0 Å². The van der Waals surface area contributed by atoms with E-state index in [9.17, 15) is 23.2 Å². The molecule has 2 N–H and O–H groups in total. The van der Waals surface area contributed by atoms with Gasteiger partial charge in [0, 0.05) is 24.6 Å². The van der Waals surface area contributed by atoms with Crippen LogP contribution in [0, 0.1) is 11.6 Å². The number of hydrogen-bond donors (Lipinski definition) is 1. The molecule has 0 bridgehead atoms. The third-order valence-electron chi connectivity index (χ3n) is 6.04. The number of carbonyl (C=O) groups is 3. The molecule has 0 radical (unpaired) electrons. The van der Waals surface area contributed by atoms with Crippen molar-refractivity contribution < 1.29 is 27.9 Å². The molecule has 1 aliphatic rings. The first kappa shape index (κ1) is 26.0. The van der Waals surface area contributed by atoms with Crippen molar-refractivity contribution in [2.45, 2.75) is 26.3 Å². The summed E-state index contributed by atoms with van der Waals surface area (Å²) in [5.74, 6) is -2.51. The topological polar surface area (TPSA) is 92.9 Å². The Labute approximate surface area is 213 Å². The van der Waals surface area contributed by atoms with Gasteiger partial charge in [0.05, 0.1) is 17.8 Å². The molecule has 0 unspecified atom stereocenters. The second-order valence-electron chi connectivity index (χ2n) is 8.64. The van der Waals surface area contributed by atoms with Gasteiger partial charge in [0.2, 0.25) is 11.8 Å². The van der Waals surface area contributed by atoms with Gasteiger partial charge in [-0.3, -0.25) is 19.3 Å². The molecular formula is C28H27F2N3O4. The van der Waals surface area contributed by atoms with E-state index >= 15 is 0 Å². The molecule has 0 aliphatic carbocycles. The standard InChI is InChI=1S/C28H27F2N3O4/c1-2-3-26(34)33-17-27(35)32(16-20-4-8-21(29)15-24(20)30)25-11-7-19(14-23(25)28(33)36)18-5-9-22(10-6-18)37-13-12-31/h4-11,14-15H,2-3,12-13,16-17,31H2,1H3. The Bertz CT molecular complexity index is 1330. The summed E-state index contributed by atoms with van der Waals surface area (Å²) in [4.78, 5) is 41.8. The Kier molecular flexibility index (Phi) is 7.93. The van der Waals surface area contributed by atoms with Crippen LogP contribution < -0.4 is 15.4 Å². The van der Waals surface area contributed by atoms with E-state index in [1.807, 2.05) is 12.1 Å². The first-order chi connectivity index (χ1) is 17.8. The normalized spacial score (nSPS) is 13.4. The van der Waals surface area contributed by atoms with E-state index in [0.717, 1.165) is 22.6 Å². The van der Waals surface area contributed by atoms with Gasteiger partial charge in [-0.25, -0.2) is 8.78 Å². The van der Waals surface area contributed by atoms with Crippen molar-refractivity contribution in [3.8, 4) is 16.9 Å². The average Bonchev–Trinajstić information content (AvgIpc) is 2.99. The number of amides is 3. The summed E-state index contributed by atoms with van der Waals surface area (Å²) >= 11 is 0. The fourth-order valence-corrected chi connectivity index (χ4v) is 4.16. The van der Waals surface area contributed by atoms with E-state index in [0.29, 0.717) is 30.9 Å². The summed E-state index contributed by atoms with van der Waals surface area (Å²) in [5.41, 5.74) is 7.41. The van der Waals surface area contributed by atoms with Gasteiger partial charge >= 0.3 is 0 Å². The number of rotatable bonds is 8. The van der Waals surface area contributed by atoms with Crippen LogP contribution in [0.15, 0.2) is 60.7 Å². The van der Waals surface area contributed by atoms with Crippen LogP contribution in [-0.2, 0) is 16.1 Å². The van der Waals surface area contributed by atoms with Gasteiger partial charge in [-0.05, 0) is 47.9 Å². The number of fused-ring (bicyclic) bond motifs is 1. The number of halogens is 2. The van der Waals surface area contributed by atoms with Crippen LogP contribution in [0.3, 0.4) is 0 Å². The Morgan fingerprint density at radius 2 is 1.73 bits per heavy atom. The largest absolute Gasteiger partial charge is 0.492 e. The van der Waals surface area contributed by atoms with Crippen LogP contribution in [0.5, 0.6) is 5.75 Å². The van der Waals surface area contributed by atoms with E-state index in [2.05, 4.69) is 0 Å².